The average Bonchev–Trinajstić information content (AvgIpc) is 2.66. The van der Waals surface area contributed by atoms with Crippen LogP contribution in [0.25, 0.3) is 0 Å². The zero-order chi connectivity index (χ0) is 22.1. The maximum absolute atomic E-state index is 10.3. The van der Waals surface area contributed by atoms with E-state index in [0.29, 0.717) is 12.0 Å². The lowest BCUT2D eigenvalue weighted by Crippen LogP contribution is -2.38. The van der Waals surface area contributed by atoms with Gasteiger partial charge in [-0.05, 0) is 51.8 Å². The Bertz CT molecular complexity index is 738. The SMILES string of the molecule is CC(CC(C#N)(c1ccccc1)C(C)C)N(C)C.O=S(=O)(O)NC1CCCCC1. The van der Waals surface area contributed by atoms with Crippen molar-refractivity contribution in [2.45, 2.75) is 76.8 Å². The smallest absolute Gasteiger partial charge is 0.307 e. The third-order valence-corrected chi connectivity index (χ3v) is 6.52. The number of nitriles is 1. The molecule has 1 fully saturated rings. The van der Waals surface area contributed by atoms with E-state index in [2.05, 4.69) is 62.7 Å². The molecule has 2 rings (SSSR count). The van der Waals surface area contributed by atoms with Crippen molar-refractivity contribution in [3.8, 4) is 6.07 Å². The van der Waals surface area contributed by atoms with Crippen molar-refractivity contribution in [2.75, 3.05) is 14.1 Å². The first-order valence-corrected chi connectivity index (χ1v) is 11.8. The van der Waals surface area contributed by atoms with E-state index >= 15 is 0 Å². The zero-order valence-electron chi connectivity index (χ0n) is 18.4. The van der Waals surface area contributed by atoms with Crippen LogP contribution >= 0.6 is 0 Å². The molecule has 2 atom stereocenters. The van der Waals surface area contributed by atoms with Crippen LogP contribution in [0, 0.1) is 17.2 Å². The van der Waals surface area contributed by atoms with Gasteiger partial charge in [-0.3, -0.25) is 4.55 Å². The first-order chi connectivity index (χ1) is 13.5. The summed E-state index contributed by atoms with van der Waals surface area (Å²) in [6, 6.07) is 13.1. The molecule has 0 radical (unpaired) electrons. The van der Waals surface area contributed by atoms with E-state index in [-0.39, 0.29) is 6.04 Å². The van der Waals surface area contributed by atoms with Crippen molar-refractivity contribution in [1.29, 1.82) is 5.26 Å². The summed E-state index contributed by atoms with van der Waals surface area (Å²) in [5.41, 5.74) is 0.738. The van der Waals surface area contributed by atoms with Crippen molar-refractivity contribution in [2.24, 2.45) is 5.92 Å². The maximum Gasteiger partial charge on any atom is 0.333 e. The molecule has 1 aromatic rings. The molecule has 7 heteroatoms. The molecule has 1 saturated carbocycles. The summed E-state index contributed by atoms with van der Waals surface area (Å²) >= 11 is 0. The predicted molar refractivity (Wildman–Crippen MR) is 118 cm³/mol. The van der Waals surface area contributed by atoms with Gasteiger partial charge in [-0.1, -0.05) is 63.4 Å². The fraction of sp³-hybridized carbons (Fsp3) is 0.682. The topological polar surface area (TPSA) is 93.4 Å². The Labute approximate surface area is 177 Å². The Morgan fingerprint density at radius 2 is 1.72 bits per heavy atom. The van der Waals surface area contributed by atoms with Crippen LogP contribution in [0.15, 0.2) is 30.3 Å². The highest BCUT2D eigenvalue weighted by molar-refractivity contribution is 7.83. The van der Waals surface area contributed by atoms with Crippen molar-refractivity contribution >= 4 is 10.3 Å². The maximum atomic E-state index is 10.3. The van der Waals surface area contributed by atoms with Crippen LogP contribution < -0.4 is 4.72 Å². The molecule has 0 saturated heterocycles. The van der Waals surface area contributed by atoms with E-state index < -0.39 is 15.7 Å². The molecule has 0 heterocycles. The highest BCUT2D eigenvalue weighted by atomic mass is 32.2. The molecule has 0 spiro atoms. The van der Waals surface area contributed by atoms with Gasteiger partial charge in [-0.25, -0.2) is 0 Å². The van der Waals surface area contributed by atoms with Gasteiger partial charge >= 0.3 is 10.3 Å². The van der Waals surface area contributed by atoms with E-state index in [1.807, 2.05) is 18.2 Å². The Kier molecular flexibility index (Phi) is 10.3. The van der Waals surface area contributed by atoms with Crippen LogP contribution in [0.4, 0.5) is 0 Å². The number of rotatable bonds is 7. The standard InChI is InChI=1S/C16H24N2.C6H13NO3S/c1-13(2)16(12-17,11-14(3)18(4)5)15-9-7-6-8-10-15;8-11(9,10)7-6-4-2-1-3-5-6/h6-10,13-14H,11H2,1-5H3;6-7H,1-5H2,(H,8,9,10). The molecule has 29 heavy (non-hydrogen) atoms. The van der Waals surface area contributed by atoms with E-state index in [4.69, 9.17) is 4.55 Å². The summed E-state index contributed by atoms with van der Waals surface area (Å²) in [5.74, 6) is 0.298. The van der Waals surface area contributed by atoms with E-state index in [1.165, 1.54) is 6.42 Å². The van der Waals surface area contributed by atoms with Crippen molar-refractivity contribution < 1.29 is 13.0 Å². The minimum absolute atomic E-state index is 0.0428. The van der Waals surface area contributed by atoms with Gasteiger partial charge in [0.05, 0.1) is 11.5 Å². The van der Waals surface area contributed by atoms with Gasteiger partial charge in [0.2, 0.25) is 0 Å². The third-order valence-electron chi connectivity index (χ3n) is 5.89. The molecule has 1 aliphatic carbocycles. The molecule has 2 N–H and O–H groups in total. The Morgan fingerprint density at radius 1 is 1.17 bits per heavy atom. The molecule has 1 aromatic carbocycles. The van der Waals surface area contributed by atoms with Gasteiger partial charge in [0.1, 0.15) is 0 Å². The second kappa shape index (κ2) is 11.7. The lowest BCUT2D eigenvalue weighted by molar-refractivity contribution is 0.233. The first-order valence-electron chi connectivity index (χ1n) is 10.4. The molecular weight excluding hydrogens is 386 g/mol. The molecule has 0 aliphatic heterocycles. The van der Waals surface area contributed by atoms with E-state index in [1.54, 1.807) is 0 Å². The summed E-state index contributed by atoms with van der Waals surface area (Å²) < 4.78 is 31.3. The second-order valence-corrected chi connectivity index (χ2v) is 9.73. The normalized spacial score (nSPS) is 18.4. The number of hydrogen-bond acceptors (Lipinski definition) is 4. The van der Waals surface area contributed by atoms with Gasteiger partial charge in [-0.15, -0.1) is 0 Å². The van der Waals surface area contributed by atoms with Crippen molar-refractivity contribution in [3.63, 3.8) is 0 Å². The molecular formula is C22H37N3O3S. The summed E-state index contributed by atoms with van der Waals surface area (Å²) in [5, 5.41) is 9.76. The highest BCUT2D eigenvalue weighted by Crippen LogP contribution is 2.37. The van der Waals surface area contributed by atoms with Crippen molar-refractivity contribution in [3.05, 3.63) is 35.9 Å². The molecule has 0 aromatic heterocycles. The number of hydrogen-bond donors (Lipinski definition) is 2. The number of nitrogens with zero attached hydrogens (tertiary/aromatic N) is 2. The molecule has 164 valence electrons. The van der Waals surface area contributed by atoms with Gasteiger partial charge in [0.25, 0.3) is 0 Å². The van der Waals surface area contributed by atoms with Crippen LogP contribution in [0.1, 0.15) is 64.9 Å². The van der Waals surface area contributed by atoms with Gasteiger partial charge < -0.3 is 4.90 Å². The molecule has 0 bridgehead atoms. The predicted octanol–water partition coefficient (Wildman–Crippen LogP) is 4.16. The highest BCUT2D eigenvalue weighted by Gasteiger charge is 2.37. The minimum atomic E-state index is -3.97. The minimum Gasteiger partial charge on any atom is -0.307 e. The van der Waals surface area contributed by atoms with Crippen LogP contribution in [0.3, 0.4) is 0 Å². The molecule has 2 unspecified atom stereocenters. The van der Waals surface area contributed by atoms with E-state index in [9.17, 15) is 13.7 Å². The third kappa shape index (κ3) is 8.43. The van der Waals surface area contributed by atoms with Crippen LogP contribution in [0.2, 0.25) is 0 Å². The van der Waals surface area contributed by atoms with E-state index in [0.717, 1.165) is 37.7 Å². The molecule has 6 nitrogen and oxygen atoms in total. The van der Waals surface area contributed by atoms with Crippen LogP contribution in [-0.2, 0) is 15.7 Å². The molecule has 1 aliphatic rings. The molecule has 0 amide bonds. The van der Waals surface area contributed by atoms with Crippen LogP contribution in [0.5, 0.6) is 0 Å². The van der Waals surface area contributed by atoms with Gasteiger partial charge in [0.15, 0.2) is 0 Å². The van der Waals surface area contributed by atoms with Gasteiger partial charge in [-0.2, -0.15) is 18.4 Å². The summed E-state index contributed by atoms with van der Waals surface area (Å²) in [6.07, 6.45) is 5.82. The fourth-order valence-electron chi connectivity index (χ4n) is 3.74. The Morgan fingerprint density at radius 3 is 2.14 bits per heavy atom. The first kappa shape index (κ1) is 25.6. The van der Waals surface area contributed by atoms with Gasteiger partial charge in [0, 0.05) is 12.1 Å². The summed E-state index contributed by atoms with van der Waals surface area (Å²) in [7, 11) is 0.161. The lowest BCUT2D eigenvalue weighted by atomic mass is 9.69. The number of nitrogens with one attached hydrogen (secondary N) is 1. The summed E-state index contributed by atoms with van der Waals surface area (Å²) in [6.45, 7) is 6.45. The Hall–Kier alpha value is -1.46. The zero-order valence-corrected chi connectivity index (χ0v) is 19.2. The average molecular weight is 424 g/mol. The second-order valence-electron chi connectivity index (χ2n) is 8.55. The monoisotopic (exact) mass is 423 g/mol. The summed E-state index contributed by atoms with van der Waals surface area (Å²) in [4.78, 5) is 2.18. The Balaban J connectivity index is 0.000000326. The van der Waals surface area contributed by atoms with Crippen LogP contribution in [-0.4, -0.2) is 44.0 Å². The quantitative estimate of drug-likeness (QED) is 0.643. The van der Waals surface area contributed by atoms with Crippen molar-refractivity contribution in [1.82, 2.24) is 9.62 Å². The lowest BCUT2D eigenvalue weighted by Gasteiger charge is -2.35. The number of benzene rings is 1. The largest absolute Gasteiger partial charge is 0.333 e. The fourth-order valence-corrected chi connectivity index (χ4v) is 4.40.